The van der Waals surface area contributed by atoms with Crippen LogP contribution in [0.15, 0.2) is 15.9 Å². The lowest BCUT2D eigenvalue weighted by Crippen LogP contribution is -2.55. The molecule has 0 fully saturated rings. The zero-order valence-corrected chi connectivity index (χ0v) is 14.0. The Hall–Kier alpha value is -0.100. The minimum Gasteiger partial charge on any atom is -0.349 e. The molecule has 0 spiro atoms. The number of hydrogen-bond acceptors (Lipinski definition) is 3. The average Bonchev–Trinajstić information content (AvgIpc) is 2.63. The van der Waals surface area contributed by atoms with Crippen LogP contribution in [0.5, 0.6) is 0 Å². The maximum Gasteiger partial charge on any atom is 0.225 e. The summed E-state index contributed by atoms with van der Waals surface area (Å²) < 4.78 is 1.05. The summed E-state index contributed by atoms with van der Waals surface area (Å²) in [5, 5.41) is 3.03. The largest absolute Gasteiger partial charge is 0.349 e. The second kappa shape index (κ2) is 7.48. The van der Waals surface area contributed by atoms with Crippen molar-refractivity contribution in [2.24, 2.45) is 11.7 Å². The summed E-state index contributed by atoms with van der Waals surface area (Å²) in [4.78, 5) is 13.0. The van der Waals surface area contributed by atoms with Gasteiger partial charge in [0.25, 0.3) is 0 Å². The van der Waals surface area contributed by atoms with Gasteiger partial charge < -0.3 is 11.1 Å². The number of rotatable bonds is 5. The molecule has 0 radical (unpaired) electrons. The highest BCUT2D eigenvalue weighted by molar-refractivity contribution is 9.11. The van der Waals surface area contributed by atoms with Gasteiger partial charge in [-0.3, -0.25) is 4.79 Å². The highest BCUT2D eigenvalue weighted by atomic mass is 79.9. The molecule has 1 aromatic rings. The van der Waals surface area contributed by atoms with E-state index in [2.05, 4.69) is 35.1 Å². The van der Waals surface area contributed by atoms with E-state index in [0.29, 0.717) is 18.9 Å². The molecule has 0 aliphatic carbocycles. The molecule has 0 aromatic carbocycles. The predicted octanol–water partition coefficient (Wildman–Crippen LogP) is 2.96. The van der Waals surface area contributed by atoms with Crippen molar-refractivity contribution in [2.75, 3.05) is 6.54 Å². The molecular formula is C12H20BrClN2OS. The van der Waals surface area contributed by atoms with E-state index in [-0.39, 0.29) is 23.9 Å². The van der Waals surface area contributed by atoms with Gasteiger partial charge in [-0.2, -0.15) is 0 Å². The van der Waals surface area contributed by atoms with Crippen LogP contribution >= 0.6 is 39.7 Å². The van der Waals surface area contributed by atoms with Gasteiger partial charge in [-0.1, -0.05) is 13.8 Å². The van der Waals surface area contributed by atoms with E-state index in [1.165, 1.54) is 0 Å². The Morgan fingerprint density at radius 2 is 2.17 bits per heavy atom. The Labute approximate surface area is 127 Å². The fourth-order valence-electron chi connectivity index (χ4n) is 1.40. The van der Waals surface area contributed by atoms with Gasteiger partial charge >= 0.3 is 0 Å². The first kappa shape index (κ1) is 17.9. The van der Waals surface area contributed by atoms with Gasteiger partial charge in [0.15, 0.2) is 0 Å². The summed E-state index contributed by atoms with van der Waals surface area (Å²) >= 11 is 4.97. The fourth-order valence-corrected chi connectivity index (χ4v) is 2.88. The molecule has 18 heavy (non-hydrogen) atoms. The van der Waals surface area contributed by atoms with Gasteiger partial charge in [0.1, 0.15) is 0 Å². The summed E-state index contributed by atoms with van der Waals surface area (Å²) in [6, 6.07) is 3.92. The first-order valence-corrected chi connectivity index (χ1v) is 7.23. The van der Waals surface area contributed by atoms with Crippen LogP contribution in [0, 0.1) is 5.92 Å². The van der Waals surface area contributed by atoms with E-state index >= 15 is 0 Å². The summed E-state index contributed by atoms with van der Waals surface area (Å²) in [6.45, 7) is 6.56. The highest BCUT2D eigenvalue weighted by Crippen LogP contribution is 2.23. The van der Waals surface area contributed by atoms with Crippen molar-refractivity contribution < 1.29 is 4.79 Å². The zero-order valence-electron chi connectivity index (χ0n) is 10.8. The van der Waals surface area contributed by atoms with Gasteiger partial charge in [-0.15, -0.1) is 23.7 Å². The molecular weight excluding hydrogens is 336 g/mol. The molecule has 0 aliphatic rings. The minimum absolute atomic E-state index is 0. The lowest BCUT2D eigenvalue weighted by molar-refractivity contribution is -0.122. The second-order valence-corrected chi connectivity index (χ2v) is 7.25. The normalized spacial score (nSPS) is 13.9. The molecule has 104 valence electrons. The average molecular weight is 356 g/mol. The van der Waals surface area contributed by atoms with Crippen molar-refractivity contribution in [3.63, 3.8) is 0 Å². The molecule has 0 saturated heterocycles. The molecule has 1 unspecified atom stereocenters. The monoisotopic (exact) mass is 354 g/mol. The van der Waals surface area contributed by atoms with E-state index in [0.717, 1.165) is 8.66 Å². The maximum absolute atomic E-state index is 11.9. The Bertz CT molecular complexity index is 397. The SMILES string of the molecule is CC(C)C(C)(CN)NC(=O)Cc1ccc(Br)s1.Cl. The topological polar surface area (TPSA) is 55.1 Å². The van der Waals surface area contributed by atoms with Gasteiger partial charge in [-0.25, -0.2) is 0 Å². The molecule has 3 N–H and O–H groups in total. The summed E-state index contributed by atoms with van der Waals surface area (Å²) in [5.74, 6) is 0.340. The number of thiophene rings is 1. The van der Waals surface area contributed by atoms with Crippen molar-refractivity contribution in [3.8, 4) is 0 Å². The van der Waals surface area contributed by atoms with Crippen molar-refractivity contribution >= 4 is 45.6 Å². The van der Waals surface area contributed by atoms with Gasteiger partial charge in [0.05, 0.1) is 15.7 Å². The number of carbonyl (C=O) groups excluding carboxylic acids is 1. The number of amides is 1. The number of carbonyl (C=O) groups is 1. The molecule has 1 amide bonds. The molecule has 1 atom stereocenters. The van der Waals surface area contributed by atoms with E-state index in [9.17, 15) is 4.79 Å². The van der Waals surface area contributed by atoms with Gasteiger partial charge in [0.2, 0.25) is 5.91 Å². The van der Waals surface area contributed by atoms with E-state index in [1.54, 1.807) is 11.3 Å². The van der Waals surface area contributed by atoms with E-state index in [1.807, 2.05) is 19.1 Å². The summed E-state index contributed by atoms with van der Waals surface area (Å²) in [5.41, 5.74) is 5.41. The highest BCUT2D eigenvalue weighted by Gasteiger charge is 2.28. The van der Waals surface area contributed by atoms with Crippen molar-refractivity contribution in [1.82, 2.24) is 5.32 Å². The van der Waals surface area contributed by atoms with E-state index < -0.39 is 0 Å². The smallest absolute Gasteiger partial charge is 0.225 e. The van der Waals surface area contributed by atoms with Crippen molar-refractivity contribution in [1.29, 1.82) is 0 Å². The Balaban J connectivity index is 0.00000289. The lowest BCUT2D eigenvalue weighted by Gasteiger charge is -2.33. The Morgan fingerprint density at radius 3 is 2.56 bits per heavy atom. The molecule has 1 heterocycles. The molecule has 1 aromatic heterocycles. The second-order valence-electron chi connectivity index (χ2n) is 4.71. The zero-order chi connectivity index (χ0) is 13.1. The molecule has 0 aliphatic heterocycles. The van der Waals surface area contributed by atoms with Crippen molar-refractivity contribution in [3.05, 3.63) is 20.8 Å². The van der Waals surface area contributed by atoms with Crippen LogP contribution in [0.1, 0.15) is 25.6 Å². The predicted molar refractivity (Wildman–Crippen MR) is 83.4 cm³/mol. The minimum atomic E-state index is -0.328. The van der Waals surface area contributed by atoms with E-state index in [4.69, 9.17) is 5.73 Å². The van der Waals surface area contributed by atoms with Crippen LogP contribution < -0.4 is 11.1 Å². The molecule has 6 heteroatoms. The third kappa shape index (κ3) is 4.88. The van der Waals surface area contributed by atoms with Gasteiger partial charge in [-0.05, 0) is 40.9 Å². The molecule has 1 rings (SSSR count). The quantitative estimate of drug-likeness (QED) is 0.853. The van der Waals surface area contributed by atoms with Crippen LogP contribution in [0.2, 0.25) is 0 Å². The number of hydrogen-bond donors (Lipinski definition) is 2. The van der Waals surface area contributed by atoms with Crippen LogP contribution in [0.3, 0.4) is 0 Å². The standard InChI is InChI=1S/C12H19BrN2OS.ClH/c1-8(2)12(3,7-14)15-11(16)6-9-4-5-10(13)17-9;/h4-5,8H,6-7,14H2,1-3H3,(H,15,16);1H. The third-order valence-corrected chi connectivity index (χ3v) is 4.71. The lowest BCUT2D eigenvalue weighted by atomic mass is 9.88. The van der Waals surface area contributed by atoms with Crippen LogP contribution in [-0.4, -0.2) is 18.0 Å². The fraction of sp³-hybridized carbons (Fsp3) is 0.583. The number of nitrogens with one attached hydrogen (secondary N) is 1. The summed E-state index contributed by atoms with van der Waals surface area (Å²) in [7, 11) is 0. The van der Waals surface area contributed by atoms with Crippen LogP contribution in [0.4, 0.5) is 0 Å². The molecule has 3 nitrogen and oxygen atoms in total. The van der Waals surface area contributed by atoms with Gasteiger partial charge in [0, 0.05) is 11.4 Å². The first-order valence-electron chi connectivity index (χ1n) is 5.62. The van der Waals surface area contributed by atoms with Crippen LogP contribution in [-0.2, 0) is 11.2 Å². The Morgan fingerprint density at radius 1 is 1.56 bits per heavy atom. The third-order valence-electron chi connectivity index (χ3n) is 3.09. The number of nitrogens with two attached hydrogens (primary N) is 1. The Kier molecular flexibility index (Phi) is 7.44. The van der Waals surface area contributed by atoms with Crippen molar-refractivity contribution in [2.45, 2.75) is 32.7 Å². The summed E-state index contributed by atoms with van der Waals surface area (Å²) in [6.07, 6.45) is 0.415. The first-order chi connectivity index (χ1) is 7.87. The molecule has 0 saturated carbocycles. The number of halogens is 2. The maximum atomic E-state index is 11.9. The molecule has 0 bridgehead atoms. The van der Waals surface area contributed by atoms with Crippen LogP contribution in [0.25, 0.3) is 0 Å².